The zero-order valence-corrected chi connectivity index (χ0v) is 19.2. The third kappa shape index (κ3) is 4.24. The Hall–Kier alpha value is -3.57. The summed E-state index contributed by atoms with van der Waals surface area (Å²) >= 11 is 3.11. The number of nitrogens with one attached hydrogen (secondary N) is 1. The lowest BCUT2D eigenvalue weighted by Crippen LogP contribution is -2.13. The number of nitrogens with zero attached hydrogens (tertiary/aromatic N) is 5. The first kappa shape index (κ1) is 21.3. The molecule has 1 N–H and O–H groups in total. The van der Waals surface area contributed by atoms with Crippen molar-refractivity contribution in [2.45, 2.75) is 23.9 Å². The first-order chi connectivity index (χ1) is 16.0. The molecular formula is C22H17FN6O2S2. The van der Waals surface area contributed by atoms with Crippen LogP contribution in [-0.4, -0.2) is 31.1 Å². The maximum absolute atomic E-state index is 14.4. The number of para-hydroxylation sites is 1. The molecule has 3 heterocycles. The Kier molecular flexibility index (Phi) is 5.65. The number of aryl methyl sites for hydroxylation is 2. The summed E-state index contributed by atoms with van der Waals surface area (Å²) in [6.07, 6.45) is 0. The van der Waals surface area contributed by atoms with E-state index in [9.17, 15) is 9.18 Å². The van der Waals surface area contributed by atoms with Crippen molar-refractivity contribution < 1.29 is 13.6 Å². The SMILES string of the molecule is Cc1csc(SCc2c(C(=O)Nc3ccc(F)c(-n4nnnc4C)c3)oc3ccccc23)n1. The van der Waals surface area contributed by atoms with Gasteiger partial charge in [-0.3, -0.25) is 4.79 Å². The number of benzene rings is 2. The van der Waals surface area contributed by atoms with Crippen LogP contribution in [0.2, 0.25) is 0 Å². The highest BCUT2D eigenvalue weighted by atomic mass is 32.2. The van der Waals surface area contributed by atoms with Gasteiger partial charge in [0.05, 0.1) is 0 Å². The van der Waals surface area contributed by atoms with Crippen molar-refractivity contribution in [2.75, 3.05) is 5.32 Å². The number of carbonyl (C=O) groups is 1. The molecule has 3 aromatic heterocycles. The summed E-state index contributed by atoms with van der Waals surface area (Å²) in [5.41, 5.74) is 2.88. The fraction of sp³-hybridized carbons (Fsp3) is 0.136. The van der Waals surface area contributed by atoms with Crippen molar-refractivity contribution in [3.63, 3.8) is 0 Å². The highest BCUT2D eigenvalue weighted by molar-refractivity contribution is 8.00. The van der Waals surface area contributed by atoms with E-state index in [4.69, 9.17) is 4.42 Å². The molecule has 0 saturated carbocycles. The van der Waals surface area contributed by atoms with Crippen LogP contribution in [0.3, 0.4) is 0 Å². The van der Waals surface area contributed by atoms with Gasteiger partial charge >= 0.3 is 0 Å². The van der Waals surface area contributed by atoms with Crippen LogP contribution < -0.4 is 5.32 Å². The lowest BCUT2D eigenvalue weighted by atomic mass is 10.1. The first-order valence-electron chi connectivity index (χ1n) is 9.91. The average molecular weight is 481 g/mol. The summed E-state index contributed by atoms with van der Waals surface area (Å²) < 4.78 is 22.5. The van der Waals surface area contributed by atoms with Crippen molar-refractivity contribution in [2.24, 2.45) is 0 Å². The topological polar surface area (TPSA) is 98.7 Å². The first-order valence-corrected chi connectivity index (χ1v) is 11.8. The third-order valence-corrected chi connectivity index (χ3v) is 7.07. The number of hydrogen-bond donors (Lipinski definition) is 1. The second-order valence-electron chi connectivity index (χ2n) is 7.21. The van der Waals surface area contributed by atoms with Crippen molar-refractivity contribution in [3.8, 4) is 5.69 Å². The zero-order chi connectivity index (χ0) is 22.9. The van der Waals surface area contributed by atoms with E-state index in [1.165, 1.54) is 22.9 Å². The molecule has 0 spiro atoms. The van der Waals surface area contributed by atoms with Gasteiger partial charge in [-0.25, -0.2) is 9.37 Å². The number of aromatic nitrogens is 5. The van der Waals surface area contributed by atoms with E-state index in [2.05, 4.69) is 25.8 Å². The minimum atomic E-state index is -0.511. The number of fused-ring (bicyclic) bond motifs is 1. The molecule has 1 amide bonds. The number of amides is 1. The summed E-state index contributed by atoms with van der Waals surface area (Å²) in [5, 5.41) is 16.8. The standard InChI is InChI=1S/C22H17FN6O2S2/c1-12-10-32-22(24-12)33-11-16-15-5-3-4-6-19(15)31-20(16)21(30)25-14-7-8-17(23)18(9-14)29-13(2)26-27-28-29/h3-10H,11H2,1-2H3,(H,25,30). The number of halogens is 1. The summed E-state index contributed by atoms with van der Waals surface area (Å²) in [4.78, 5) is 17.7. The van der Waals surface area contributed by atoms with Crippen LogP contribution in [0.15, 0.2) is 56.6 Å². The summed E-state index contributed by atoms with van der Waals surface area (Å²) in [6, 6.07) is 11.7. The second-order valence-corrected chi connectivity index (χ2v) is 9.29. The largest absolute Gasteiger partial charge is 0.451 e. The molecule has 0 radical (unpaired) electrons. The van der Waals surface area contributed by atoms with Gasteiger partial charge in [0, 0.05) is 33.5 Å². The maximum Gasteiger partial charge on any atom is 0.291 e. The van der Waals surface area contributed by atoms with Crippen molar-refractivity contribution in [1.29, 1.82) is 0 Å². The van der Waals surface area contributed by atoms with Crippen LogP contribution in [0, 0.1) is 19.7 Å². The van der Waals surface area contributed by atoms with E-state index < -0.39 is 11.7 Å². The van der Waals surface area contributed by atoms with Gasteiger partial charge in [0.2, 0.25) is 0 Å². The predicted octanol–water partition coefficient (Wildman–Crippen LogP) is 5.17. The molecule has 0 atom stereocenters. The molecule has 33 heavy (non-hydrogen) atoms. The quantitative estimate of drug-likeness (QED) is 0.335. The smallest absolute Gasteiger partial charge is 0.291 e. The van der Waals surface area contributed by atoms with E-state index in [0.717, 1.165) is 21.0 Å². The lowest BCUT2D eigenvalue weighted by molar-refractivity contribution is 0.0998. The second kappa shape index (κ2) is 8.75. The fourth-order valence-electron chi connectivity index (χ4n) is 3.35. The van der Waals surface area contributed by atoms with Gasteiger partial charge in [-0.15, -0.1) is 16.4 Å². The monoisotopic (exact) mass is 480 g/mol. The molecule has 0 saturated heterocycles. The normalized spacial score (nSPS) is 11.2. The van der Waals surface area contributed by atoms with Gasteiger partial charge in [0.1, 0.15) is 21.4 Å². The molecule has 5 aromatic rings. The zero-order valence-electron chi connectivity index (χ0n) is 17.6. The molecular weight excluding hydrogens is 463 g/mol. The minimum Gasteiger partial charge on any atom is -0.451 e. The molecule has 0 fully saturated rings. The van der Waals surface area contributed by atoms with E-state index in [1.807, 2.05) is 36.6 Å². The van der Waals surface area contributed by atoms with Crippen molar-refractivity contribution in [3.05, 3.63) is 76.5 Å². The van der Waals surface area contributed by atoms with Gasteiger partial charge in [0.25, 0.3) is 5.91 Å². The Bertz CT molecular complexity index is 1470. The van der Waals surface area contributed by atoms with Crippen molar-refractivity contribution in [1.82, 2.24) is 25.2 Å². The molecule has 5 rings (SSSR count). The Morgan fingerprint density at radius 3 is 2.85 bits per heavy atom. The molecule has 2 aromatic carbocycles. The number of carbonyl (C=O) groups excluding carboxylic acids is 1. The van der Waals surface area contributed by atoms with Gasteiger partial charge < -0.3 is 9.73 Å². The molecule has 0 aliphatic carbocycles. The molecule has 0 unspecified atom stereocenters. The van der Waals surface area contributed by atoms with E-state index in [1.54, 1.807) is 30.0 Å². The molecule has 0 aliphatic heterocycles. The van der Waals surface area contributed by atoms with E-state index >= 15 is 0 Å². The Morgan fingerprint density at radius 1 is 1.24 bits per heavy atom. The van der Waals surface area contributed by atoms with Gasteiger partial charge in [-0.2, -0.15) is 4.68 Å². The highest BCUT2D eigenvalue weighted by Gasteiger charge is 2.22. The predicted molar refractivity (Wildman–Crippen MR) is 124 cm³/mol. The molecule has 166 valence electrons. The minimum absolute atomic E-state index is 0.134. The summed E-state index contributed by atoms with van der Waals surface area (Å²) in [6.45, 7) is 3.60. The van der Waals surface area contributed by atoms with Crippen molar-refractivity contribution >= 4 is 45.7 Å². The maximum atomic E-state index is 14.4. The molecule has 0 bridgehead atoms. The van der Waals surface area contributed by atoms with Crippen LogP contribution >= 0.6 is 23.1 Å². The number of tetrazole rings is 1. The fourth-order valence-corrected chi connectivity index (χ4v) is 5.23. The Morgan fingerprint density at radius 2 is 2.09 bits per heavy atom. The highest BCUT2D eigenvalue weighted by Crippen LogP contribution is 2.33. The Balaban J connectivity index is 1.46. The van der Waals surface area contributed by atoms with E-state index in [-0.39, 0.29) is 11.4 Å². The molecule has 8 nitrogen and oxygen atoms in total. The third-order valence-electron chi connectivity index (χ3n) is 4.90. The number of anilines is 1. The molecule has 11 heteroatoms. The van der Waals surface area contributed by atoms with Gasteiger partial charge in [-0.05, 0) is 48.5 Å². The van der Waals surface area contributed by atoms with Crippen LogP contribution in [0.1, 0.15) is 27.6 Å². The average Bonchev–Trinajstić information content (AvgIpc) is 3.52. The van der Waals surface area contributed by atoms with Gasteiger partial charge in [0.15, 0.2) is 11.6 Å². The summed E-state index contributed by atoms with van der Waals surface area (Å²) in [5.74, 6) is 0.213. The number of thiazole rings is 1. The van der Waals surface area contributed by atoms with Crippen LogP contribution in [0.25, 0.3) is 16.7 Å². The number of hydrogen-bond acceptors (Lipinski definition) is 8. The number of rotatable bonds is 6. The van der Waals surface area contributed by atoms with Crippen LogP contribution in [0.4, 0.5) is 10.1 Å². The summed E-state index contributed by atoms with van der Waals surface area (Å²) in [7, 11) is 0. The Labute approximate surface area is 195 Å². The molecule has 0 aliphatic rings. The van der Waals surface area contributed by atoms with Crippen LogP contribution in [-0.2, 0) is 5.75 Å². The van der Waals surface area contributed by atoms with Crippen LogP contribution in [0.5, 0.6) is 0 Å². The lowest BCUT2D eigenvalue weighted by Gasteiger charge is -2.09. The number of furan rings is 1. The number of thioether (sulfide) groups is 1. The van der Waals surface area contributed by atoms with Gasteiger partial charge in [-0.1, -0.05) is 30.0 Å². The van der Waals surface area contributed by atoms with E-state index in [0.29, 0.717) is 22.8 Å².